The average molecular weight is 720 g/mol. The number of nitrogens with zero attached hydrogens (tertiary/aromatic N) is 2. The summed E-state index contributed by atoms with van der Waals surface area (Å²) in [5.74, 6) is 0. The Morgan fingerprint density at radius 2 is 0.821 bits per heavy atom. The highest BCUT2D eigenvalue weighted by atomic mass is 15.1. The predicted octanol–water partition coefficient (Wildman–Crippen LogP) is 14.9. The molecule has 0 spiro atoms. The second kappa shape index (κ2) is 14.4. The first-order chi connectivity index (χ1) is 29.9. The van der Waals surface area contributed by atoms with Gasteiger partial charge in [0.25, 0.3) is 0 Å². The van der Waals surface area contributed by atoms with Crippen LogP contribution < -0.4 is 4.90 Å². The van der Waals surface area contributed by atoms with Crippen LogP contribution in [-0.4, -0.2) is 4.57 Å². The molecule has 264 valence electrons. The third kappa shape index (κ3) is 6.14. The Morgan fingerprint density at radius 1 is 0.357 bits per heavy atom. The number of aromatic nitrogens is 1. The van der Waals surface area contributed by atoms with Crippen LogP contribution in [-0.2, 0) is 0 Å². The predicted molar refractivity (Wildman–Crippen MR) is 237 cm³/mol. The lowest BCUT2D eigenvalue weighted by molar-refractivity contribution is 1.18. The Balaban J connectivity index is 1.10. The monoisotopic (exact) mass is 719 g/mol. The topological polar surface area (TPSA) is 8.17 Å². The maximum absolute atomic E-state index is 8.88. The molecule has 9 aromatic carbocycles. The van der Waals surface area contributed by atoms with E-state index in [1.54, 1.807) is 0 Å². The van der Waals surface area contributed by atoms with Gasteiger partial charge in [0, 0.05) is 33.5 Å². The summed E-state index contributed by atoms with van der Waals surface area (Å²) < 4.78 is 44.7. The van der Waals surface area contributed by atoms with E-state index < -0.39 is 6.04 Å². The van der Waals surface area contributed by atoms with Crippen molar-refractivity contribution in [3.8, 4) is 50.2 Å². The SMILES string of the molecule is [2H]c1c([2H])c([2H])c(-n2c3ccccc3c3c(-c4cccc(N(c5ccc(-c6ccccc6)cc5)c5ccc(-c6ccc(-c7ccccc7)cc6)cc5)c4)cccc32)c([2H])c1[2H]. The standard InChI is InChI=1S/C54H38N2/c1-4-14-39(15-5-1)41-26-28-42(29-27-41)44-32-36-48(37-33-44)55(47-34-30-43(31-35-47)40-16-6-2-7-17-40)49-21-12-18-45(38-49)50-23-13-25-53-54(50)51-22-10-11-24-52(51)56(53)46-19-8-3-9-20-46/h1-38H/i3D,8D,9D,19D,20D. The minimum absolute atomic E-state index is 0.129. The first kappa shape index (κ1) is 28.1. The van der Waals surface area contributed by atoms with Crippen molar-refractivity contribution in [2.75, 3.05) is 4.90 Å². The van der Waals surface area contributed by atoms with Gasteiger partial charge in [0.2, 0.25) is 0 Å². The summed E-state index contributed by atoms with van der Waals surface area (Å²) in [7, 11) is 0. The van der Waals surface area contributed by atoms with Crippen molar-refractivity contribution in [2.24, 2.45) is 0 Å². The van der Waals surface area contributed by atoms with Gasteiger partial charge in [0.15, 0.2) is 0 Å². The van der Waals surface area contributed by atoms with Crippen LogP contribution in [0.5, 0.6) is 0 Å². The number of anilines is 3. The second-order valence-corrected chi connectivity index (χ2v) is 13.8. The summed E-state index contributed by atoms with van der Waals surface area (Å²) in [5.41, 5.74) is 13.5. The van der Waals surface area contributed by atoms with E-state index in [0.717, 1.165) is 72.2 Å². The zero-order chi connectivity index (χ0) is 41.6. The van der Waals surface area contributed by atoms with Crippen LogP contribution in [0.15, 0.2) is 230 Å². The Kier molecular flexibility index (Phi) is 7.24. The Morgan fingerprint density at radius 3 is 1.41 bits per heavy atom. The summed E-state index contributed by atoms with van der Waals surface area (Å²) in [6.07, 6.45) is 0. The van der Waals surface area contributed by atoms with Crippen molar-refractivity contribution < 1.29 is 6.85 Å². The van der Waals surface area contributed by atoms with Crippen LogP contribution >= 0.6 is 0 Å². The van der Waals surface area contributed by atoms with Crippen LogP contribution in [0.25, 0.3) is 72.0 Å². The summed E-state index contributed by atoms with van der Waals surface area (Å²) >= 11 is 0. The van der Waals surface area contributed by atoms with E-state index in [-0.39, 0.29) is 29.9 Å². The normalized spacial score (nSPS) is 12.5. The maximum atomic E-state index is 8.88. The molecule has 0 bridgehead atoms. The van der Waals surface area contributed by atoms with Crippen molar-refractivity contribution in [3.05, 3.63) is 230 Å². The van der Waals surface area contributed by atoms with E-state index in [1.807, 2.05) is 53.1 Å². The van der Waals surface area contributed by atoms with Crippen LogP contribution in [0.3, 0.4) is 0 Å². The van der Waals surface area contributed by atoms with E-state index in [9.17, 15) is 0 Å². The molecule has 10 rings (SSSR count). The molecule has 0 amide bonds. The minimum Gasteiger partial charge on any atom is -0.310 e. The zero-order valence-corrected chi connectivity index (χ0v) is 30.4. The van der Waals surface area contributed by atoms with E-state index in [0.29, 0.717) is 0 Å². The van der Waals surface area contributed by atoms with Crippen LogP contribution in [0.1, 0.15) is 6.85 Å². The smallest absolute Gasteiger partial charge is 0.0645 e. The summed E-state index contributed by atoms with van der Waals surface area (Å²) in [4.78, 5) is 2.27. The Hall–Kier alpha value is -7.42. The number of hydrogen-bond acceptors (Lipinski definition) is 1. The van der Waals surface area contributed by atoms with Crippen molar-refractivity contribution in [1.82, 2.24) is 4.57 Å². The van der Waals surface area contributed by atoms with Crippen LogP contribution in [0.4, 0.5) is 17.1 Å². The molecule has 0 saturated heterocycles. The summed E-state index contributed by atoms with van der Waals surface area (Å²) in [6, 6.07) is 67.6. The fourth-order valence-electron chi connectivity index (χ4n) is 7.84. The largest absolute Gasteiger partial charge is 0.310 e. The maximum Gasteiger partial charge on any atom is 0.0645 e. The van der Waals surface area contributed by atoms with Gasteiger partial charge in [0.05, 0.1) is 17.9 Å². The van der Waals surface area contributed by atoms with Gasteiger partial charge in [-0.3, -0.25) is 0 Å². The van der Waals surface area contributed by atoms with Gasteiger partial charge in [-0.25, -0.2) is 0 Å². The van der Waals surface area contributed by atoms with Crippen LogP contribution in [0, 0.1) is 0 Å². The quantitative estimate of drug-likeness (QED) is 0.152. The molecule has 10 aromatic rings. The molecule has 0 N–H and O–H groups in total. The lowest BCUT2D eigenvalue weighted by Crippen LogP contribution is -2.10. The highest BCUT2D eigenvalue weighted by molar-refractivity contribution is 6.16. The van der Waals surface area contributed by atoms with Gasteiger partial charge in [-0.05, 0) is 105 Å². The number of rotatable bonds is 8. The molecule has 0 aliphatic rings. The highest BCUT2D eigenvalue weighted by Gasteiger charge is 2.18. The van der Waals surface area contributed by atoms with E-state index in [4.69, 9.17) is 6.85 Å². The van der Waals surface area contributed by atoms with E-state index >= 15 is 0 Å². The van der Waals surface area contributed by atoms with Crippen molar-refractivity contribution >= 4 is 38.9 Å². The molecule has 1 aromatic heterocycles. The molecule has 0 saturated carbocycles. The molecule has 0 fully saturated rings. The lowest BCUT2D eigenvalue weighted by atomic mass is 9.98. The second-order valence-electron chi connectivity index (χ2n) is 13.8. The number of fused-ring (bicyclic) bond motifs is 3. The molecular formula is C54H38N2. The first-order valence-corrected chi connectivity index (χ1v) is 18.8. The molecular weight excluding hydrogens is 677 g/mol. The van der Waals surface area contributed by atoms with Crippen molar-refractivity contribution in [3.63, 3.8) is 0 Å². The Bertz CT molecular complexity index is 3190. The van der Waals surface area contributed by atoms with Gasteiger partial charge >= 0.3 is 0 Å². The van der Waals surface area contributed by atoms with E-state index in [1.165, 1.54) is 11.1 Å². The molecule has 2 nitrogen and oxygen atoms in total. The van der Waals surface area contributed by atoms with Gasteiger partial charge in [-0.15, -0.1) is 0 Å². The Labute approximate surface area is 334 Å². The fraction of sp³-hybridized carbons (Fsp3) is 0. The van der Waals surface area contributed by atoms with Crippen molar-refractivity contribution in [2.45, 2.75) is 0 Å². The van der Waals surface area contributed by atoms with Gasteiger partial charge in [-0.2, -0.15) is 0 Å². The molecule has 2 heteroatoms. The molecule has 0 unspecified atom stereocenters. The fourth-order valence-corrected chi connectivity index (χ4v) is 7.84. The highest BCUT2D eigenvalue weighted by Crippen LogP contribution is 2.42. The molecule has 0 aliphatic carbocycles. The summed E-state index contributed by atoms with van der Waals surface area (Å²) in [6.45, 7) is 0. The molecule has 56 heavy (non-hydrogen) atoms. The number of benzene rings is 9. The molecule has 0 radical (unpaired) electrons. The first-order valence-electron chi connectivity index (χ1n) is 21.3. The van der Waals surface area contributed by atoms with Crippen molar-refractivity contribution in [1.29, 1.82) is 0 Å². The average Bonchev–Trinajstić information content (AvgIpc) is 3.66. The zero-order valence-electron chi connectivity index (χ0n) is 35.4. The lowest BCUT2D eigenvalue weighted by Gasteiger charge is -2.26. The summed E-state index contributed by atoms with van der Waals surface area (Å²) in [5, 5.41) is 1.86. The number of hydrogen-bond donors (Lipinski definition) is 0. The third-order valence-corrected chi connectivity index (χ3v) is 10.5. The van der Waals surface area contributed by atoms with Gasteiger partial charge in [-0.1, -0.05) is 170 Å². The van der Waals surface area contributed by atoms with Crippen LogP contribution in [0.2, 0.25) is 0 Å². The molecule has 0 atom stereocenters. The van der Waals surface area contributed by atoms with E-state index in [2.05, 4.69) is 157 Å². The van der Waals surface area contributed by atoms with Gasteiger partial charge in [0.1, 0.15) is 0 Å². The molecule has 1 heterocycles. The number of para-hydroxylation sites is 2. The molecule has 0 aliphatic heterocycles. The minimum atomic E-state index is -0.414. The third-order valence-electron chi connectivity index (χ3n) is 10.5. The van der Waals surface area contributed by atoms with Gasteiger partial charge < -0.3 is 9.47 Å².